The zero-order chi connectivity index (χ0) is 15.1. The summed E-state index contributed by atoms with van der Waals surface area (Å²) in [6.07, 6.45) is 2.24. The second-order valence-electron chi connectivity index (χ2n) is 6.26. The van der Waals surface area contributed by atoms with Crippen LogP contribution in [0.4, 0.5) is 4.39 Å². The van der Waals surface area contributed by atoms with Gasteiger partial charge >= 0.3 is 0 Å². The molecule has 2 fully saturated rings. The summed E-state index contributed by atoms with van der Waals surface area (Å²) in [5.74, 6) is 0.478. The van der Waals surface area contributed by atoms with Gasteiger partial charge in [0.25, 0.3) is 5.91 Å². The largest absolute Gasteiger partial charge is 0.352 e. The molecule has 0 radical (unpaired) electrons. The summed E-state index contributed by atoms with van der Waals surface area (Å²) in [6.45, 7) is 2.54. The van der Waals surface area contributed by atoms with E-state index in [0.717, 1.165) is 31.6 Å². The van der Waals surface area contributed by atoms with Gasteiger partial charge in [-0.3, -0.25) is 9.78 Å². The summed E-state index contributed by atoms with van der Waals surface area (Å²) < 4.78 is 13.6. The van der Waals surface area contributed by atoms with Crippen LogP contribution in [0.25, 0.3) is 10.9 Å². The topological polar surface area (TPSA) is 54.0 Å². The average Bonchev–Trinajstić information content (AvgIpc) is 3.29. The Morgan fingerprint density at radius 1 is 1.25 bits per heavy atom. The molecule has 2 heterocycles. The maximum absolute atomic E-state index is 13.6. The van der Waals surface area contributed by atoms with Crippen molar-refractivity contribution in [2.45, 2.75) is 18.8 Å². The maximum Gasteiger partial charge on any atom is 0.252 e. The third kappa shape index (κ3) is 3.79. The molecule has 1 aliphatic carbocycles. The monoisotopic (exact) mass is 371 g/mol. The number of carbonyl (C=O) groups excluding carboxylic acids is 1. The van der Waals surface area contributed by atoms with E-state index in [4.69, 9.17) is 0 Å². The van der Waals surface area contributed by atoms with Gasteiger partial charge < -0.3 is 10.6 Å². The van der Waals surface area contributed by atoms with E-state index in [1.165, 1.54) is 12.1 Å². The lowest BCUT2D eigenvalue weighted by Crippen LogP contribution is -2.48. The average molecular weight is 372 g/mol. The van der Waals surface area contributed by atoms with Crippen LogP contribution >= 0.6 is 24.8 Å². The van der Waals surface area contributed by atoms with E-state index in [9.17, 15) is 9.18 Å². The molecular formula is C17H20Cl2FN3O. The fourth-order valence-corrected chi connectivity index (χ4v) is 2.82. The first-order valence-corrected chi connectivity index (χ1v) is 7.80. The van der Waals surface area contributed by atoms with Gasteiger partial charge in [-0.15, -0.1) is 24.8 Å². The Morgan fingerprint density at radius 2 is 2.00 bits per heavy atom. The summed E-state index contributed by atoms with van der Waals surface area (Å²) in [5, 5.41) is 6.74. The number of halogens is 3. The number of pyridine rings is 1. The predicted molar refractivity (Wildman–Crippen MR) is 96.9 cm³/mol. The van der Waals surface area contributed by atoms with Crippen molar-refractivity contribution >= 4 is 41.6 Å². The zero-order valence-electron chi connectivity index (χ0n) is 13.0. The molecule has 4 nitrogen and oxygen atoms in total. The van der Waals surface area contributed by atoms with E-state index >= 15 is 0 Å². The molecule has 2 aromatic rings. The smallest absolute Gasteiger partial charge is 0.252 e. The first-order valence-electron chi connectivity index (χ1n) is 7.80. The highest BCUT2D eigenvalue weighted by atomic mass is 35.5. The molecule has 0 atom stereocenters. The van der Waals surface area contributed by atoms with Crippen molar-refractivity contribution in [3.8, 4) is 0 Å². The highest BCUT2D eigenvalue weighted by Crippen LogP contribution is 2.40. The highest BCUT2D eigenvalue weighted by Gasteiger charge is 2.27. The molecule has 130 valence electrons. The lowest BCUT2D eigenvalue weighted by molar-refractivity contribution is 0.0943. The summed E-state index contributed by atoms with van der Waals surface area (Å²) in [4.78, 5) is 17.1. The highest BCUT2D eigenvalue weighted by molar-refractivity contribution is 6.06. The van der Waals surface area contributed by atoms with Crippen molar-refractivity contribution in [2.24, 2.45) is 5.92 Å². The third-order valence-electron chi connectivity index (χ3n) is 4.45. The number of rotatable bonds is 4. The molecular weight excluding hydrogens is 352 g/mol. The van der Waals surface area contributed by atoms with E-state index < -0.39 is 0 Å². The van der Waals surface area contributed by atoms with Crippen molar-refractivity contribution in [3.05, 3.63) is 41.3 Å². The summed E-state index contributed by atoms with van der Waals surface area (Å²) in [6, 6.07) is 6.30. The van der Waals surface area contributed by atoms with E-state index in [-0.39, 0.29) is 36.5 Å². The van der Waals surface area contributed by atoms with Crippen LogP contribution in [-0.2, 0) is 0 Å². The van der Waals surface area contributed by atoms with E-state index in [1.807, 2.05) is 6.07 Å². The molecule has 7 heteroatoms. The van der Waals surface area contributed by atoms with Crippen LogP contribution in [0.15, 0.2) is 24.3 Å². The Bertz CT molecular complexity index is 748. The predicted octanol–water partition coefficient (Wildman–Crippen LogP) is 3.04. The van der Waals surface area contributed by atoms with Crippen LogP contribution in [-0.4, -0.2) is 30.5 Å². The van der Waals surface area contributed by atoms with Gasteiger partial charge in [-0.05, 0) is 37.1 Å². The molecule has 0 spiro atoms. The number of hydrogen-bond donors (Lipinski definition) is 2. The number of fused-ring (bicyclic) bond motifs is 1. The number of nitrogens with one attached hydrogen (secondary N) is 2. The van der Waals surface area contributed by atoms with Gasteiger partial charge in [-0.25, -0.2) is 4.39 Å². The van der Waals surface area contributed by atoms with Gasteiger partial charge in [0.15, 0.2) is 0 Å². The second kappa shape index (κ2) is 7.64. The SMILES string of the molecule is Cl.Cl.O=C(NCC1CNC1)c1cc(C2CC2)nc2ccc(F)cc12. The molecule has 0 unspecified atom stereocenters. The Morgan fingerprint density at radius 3 is 2.62 bits per heavy atom. The van der Waals surface area contributed by atoms with Gasteiger partial charge in [0.05, 0.1) is 11.1 Å². The minimum Gasteiger partial charge on any atom is -0.352 e. The molecule has 2 N–H and O–H groups in total. The van der Waals surface area contributed by atoms with Crippen LogP contribution in [0, 0.1) is 11.7 Å². The first kappa shape index (κ1) is 18.9. The summed E-state index contributed by atoms with van der Waals surface area (Å²) in [5.41, 5.74) is 2.19. The number of aromatic nitrogens is 1. The van der Waals surface area contributed by atoms with Crippen LogP contribution < -0.4 is 10.6 Å². The number of benzene rings is 1. The molecule has 4 rings (SSSR count). The van der Waals surface area contributed by atoms with Crippen molar-refractivity contribution in [1.82, 2.24) is 15.6 Å². The maximum atomic E-state index is 13.6. The number of hydrogen-bond acceptors (Lipinski definition) is 3. The normalized spacial score (nSPS) is 16.7. The van der Waals surface area contributed by atoms with Crippen molar-refractivity contribution in [3.63, 3.8) is 0 Å². The van der Waals surface area contributed by atoms with Gasteiger partial charge in [0.2, 0.25) is 0 Å². The van der Waals surface area contributed by atoms with Gasteiger partial charge in [-0.1, -0.05) is 0 Å². The van der Waals surface area contributed by atoms with E-state index in [1.54, 1.807) is 6.07 Å². The van der Waals surface area contributed by atoms with E-state index in [2.05, 4.69) is 15.6 Å². The molecule has 1 saturated carbocycles. The van der Waals surface area contributed by atoms with Gasteiger partial charge in [0.1, 0.15) is 5.82 Å². The van der Waals surface area contributed by atoms with Crippen LogP contribution in [0.5, 0.6) is 0 Å². The molecule has 1 saturated heterocycles. The Labute approximate surface area is 152 Å². The number of amides is 1. The van der Waals surface area contributed by atoms with Crippen LogP contribution in [0.1, 0.15) is 34.8 Å². The van der Waals surface area contributed by atoms with Crippen LogP contribution in [0.3, 0.4) is 0 Å². The molecule has 1 aliphatic heterocycles. The Kier molecular flexibility index (Phi) is 6.01. The number of nitrogens with zero attached hydrogens (tertiary/aromatic N) is 1. The fourth-order valence-electron chi connectivity index (χ4n) is 2.82. The van der Waals surface area contributed by atoms with E-state index in [0.29, 0.717) is 34.8 Å². The lowest BCUT2D eigenvalue weighted by Gasteiger charge is -2.27. The summed E-state index contributed by atoms with van der Waals surface area (Å²) in [7, 11) is 0. The minimum absolute atomic E-state index is 0. The van der Waals surface area contributed by atoms with Gasteiger partial charge in [-0.2, -0.15) is 0 Å². The van der Waals surface area contributed by atoms with Gasteiger partial charge in [0, 0.05) is 42.6 Å². The summed E-state index contributed by atoms with van der Waals surface area (Å²) >= 11 is 0. The van der Waals surface area contributed by atoms with Crippen LogP contribution in [0.2, 0.25) is 0 Å². The minimum atomic E-state index is -0.342. The number of carbonyl (C=O) groups is 1. The Hall–Kier alpha value is -1.43. The Balaban J connectivity index is 0.00000104. The zero-order valence-corrected chi connectivity index (χ0v) is 14.7. The van der Waals surface area contributed by atoms with Crippen molar-refractivity contribution < 1.29 is 9.18 Å². The molecule has 2 aliphatic rings. The fraction of sp³-hybridized carbons (Fsp3) is 0.412. The molecule has 1 aromatic carbocycles. The first-order chi connectivity index (χ1) is 10.7. The molecule has 24 heavy (non-hydrogen) atoms. The quantitative estimate of drug-likeness (QED) is 0.868. The molecule has 1 amide bonds. The van der Waals surface area contributed by atoms with Crippen molar-refractivity contribution in [2.75, 3.05) is 19.6 Å². The third-order valence-corrected chi connectivity index (χ3v) is 4.45. The second-order valence-corrected chi connectivity index (χ2v) is 6.26. The molecule has 1 aromatic heterocycles. The molecule has 0 bridgehead atoms. The lowest BCUT2D eigenvalue weighted by atomic mass is 10.0. The standard InChI is InChI=1S/C17H18FN3O.2ClH/c18-12-3-4-15-13(5-12)14(6-16(21-15)11-1-2-11)17(22)20-9-10-7-19-8-10;;/h3-6,10-11,19H,1-2,7-9H2,(H,20,22);2*1H. The van der Waals surface area contributed by atoms with Crippen molar-refractivity contribution in [1.29, 1.82) is 0 Å².